The van der Waals surface area contributed by atoms with Crippen LogP contribution in [0.25, 0.3) is 0 Å². The summed E-state index contributed by atoms with van der Waals surface area (Å²) in [6, 6.07) is 0. The Morgan fingerprint density at radius 3 is 3.11 bits per heavy atom. The molecule has 0 bridgehead atoms. The van der Waals surface area contributed by atoms with Gasteiger partial charge in [-0.3, -0.25) is 4.79 Å². The maximum absolute atomic E-state index is 10.6. The topological polar surface area (TPSA) is 53.2 Å². The van der Waals surface area contributed by atoms with E-state index >= 15 is 0 Å². The van der Waals surface area contributed by atoms with Gasteiger partial charge >= 0.3 is 0 Å². The Hall–Kier alpha value is -0.260. The molecule has 0 atom stereocenters. The molecule has 0 aromatic heterocycles. The van der Waals surface area contributed by atoms with Crippen molar-refractivity contribution in [3.8, 4) is 0 Å². The predicted octanol–water partition coefficient (Wildman–Crippen LogP) is -1.14. The van der Waals surface area contributed by atoms with Crippen LogP contribution in [0.5, 0.6) is 0 Å². The molecule has 0 saturated carbocycles. The van der Waals surface area contributed by atoms with Gasteiger partial charge in [0.2, 0.25) is 5.91 Å². The zero-order valence-electron chi connectivity index (χ0n) is 4.94. The van der Waals surface area contributed by atoms with Crippen LogP contribution in [-0.4, -0.2) is 25.5 Å². The van der Waals surface area contributed by atoms with E-state index in [1.165, 1.54) is 12.1 Å². The zero-order valence-corrected chi connectivity index (χ0v) is 5.75. The van der Waals surface area contributed by atoms with Gasteiger partial charge in [-0.05, 0) is 0 Å². The number of nitrogens with one attached hydrogen (secondary N) is 3. The smallest absolute Gasteiger partial charge is 0.234 e. The first-order valence-corrected chi connectivity index (χ1v) is 3.59. The number of amides is 1. The second kappa shape index (κ2) is 3.71. The van der Waals surface area contributed by atoms with Crippen molar-refractivity contribution in [1.29, 1.82) is 0 Å². The molecular weight excluding hydrogens is 138 g/mol. The maximum atomic E-state index is 10.6. The number of hydrogen-bond donors (Lipinski definition) is 3. The van der Waals surface area contributed by atoms with Gasteiger partial charge in [0.05, 0.1) is 6.54 Å². The summed E-state index contributed by atoms with van der Waals surface area (Å²) >= 11 is 1.37. The van der Waals surface area contributed by atoms with E-state index in [1.54, 1.807) is 0 Å². The highest BCUT2D eigenvalue weighted by atomic mass is 32.2. The molecule has 1 rings (SSSR count). The number of hydrogen-bond acceptors (Lipinski definition) is 4. The van der Waals surface area contributed by atoms with Crippen molar-refractivity contribution < 1.29 is 4.79 Å². The van der Waals surface area contributed by atoms with Crippen molar-refractivity contribution in [2.24, 2.45) is 0 Å². The molecule has 1 amide bonds. The molecule has 1 fully saturated rings. The molecule has 4 nitrogen and oxygen atoms in total. The summed E-state index contributed by atoms with van der Waals surface area (Å²) in [5.41, 5.74) is 0. The summed E-state index contributed by atoms with van der Waals surface area (Å²) in [5.74, 6) is 0.0593. The fraction of sp³-hybridized carbons (Fsp3) is 0.750. The lowest BCUT2D eigenvalue weighted by molar-refractivity contribution is -0.119. The molecule has 0 radical (unpaired) electrons. The fourth-order valence-corrected chi connectivity index (χ4v) is 1.03. The molecule has 0 aromatic carbocycles. The van der Waals surface area contributed by atoms with Gasteiger partial charge in [-0.15, -0.1) is 0 Å². The molecule has 0 unspecified atom stereocenters. The minimum Gasteiger partial charge on any atom is -0.354 e. The summed E-state index contributed by atoms with van der Waals surface area (Å²) in [4.78, 5) is 10.6. The quantitative estimate of drug-likeness (QED) is 0.379. The Morgan fingerprint density at radius 2 is 2.22 bits per heavy atom. The average molecular weight is 147 g/mol. The van der Waals surface area contributed by atoms with Crippen molar-refractivity contribution in [3.05, 3.63) is 0 Å². The van der Waals surface area contributed by atoms with E-state index in [9.17, 15) is 4.79 Å². The Morgan fingerprint density at radius 1 is 1.33 bits per heavy atom. The number of carbonyl (C=O) groups excluding carboxylic acids is 1. The largest absolute Gasteiger partial charge is 0.354 e. The lowest BCUT2D eigenvalue weighted by atomic mass is 10.5. The SMILES string of the molecule is O=C1CNSNCCN1. The van der Waals surface area contributed by atoms with Crippen LogP contribution in [0.15, 0.2) is 0 Å². The summed E-state index contributed by atoms with van der Waals surface area (Å²) in [5, 5.41) is 2.71. The van der Waals surface area contributed by atoms with E-state index in [1.807, 2.05) is 0 Å². The Labute approximate surface area is 58.0 Å². The Bertz CT molecular complexity index is 98.0. The van der Waals surface area contributed by atoms with Crippen molar-refractivity contribution in [3.63, 3.8) is 0 Å². The average Bonchev–Trinajstić information content (AvgIpc) is 1.79. The minimum absolute atomic E-state index is 0.0593. The number of rotatable bonds is 0. The van der Waals surface area contributed by atoms with Gasteiger partial charge in [-0.25, -0.2) is 9.44 Å². The highest BCUT2D eigenvalue weighted by Gasteiger charge is 2.01. The predicted molar refractivity (Wildman–Crippen MR) is 36.6 cm³/mol. The van der Waals surface area contributed by atoms with E-state index in [2.05, 4.69) is 14.8 Å². The molecule has 1 aliphatic heterocycles. The normalized spacial score (nSPS) is 22.0. The molecule has 5 heteroatoms. The Balaban J connectivity index is 2.20. The first kappa shape index (κ1) is 6.85. The molecule has 0 aromatic rings. The van der Waals surface area contributed by atoms with Gasteiger partial charge in [0, 0.05) is 25.2 Å². The van der Waals surface area contributed by atoms with Gasteiger partial charge in [-0.2, -0.15) is 0 Å². The van der Waals surface area contributed by atoms with Crippen molar-refractivity contribution in [2.75, 3.05) is 19.6 Å². The van der Waals surface area contributed by atoms with Crippen molar-refractivity contribution in [2.45, 2.75) is 0 Å². The monoisotopic (exact) mass is 147 g/mol. The van der Waals surface area contributed by atoms with Gasteiger partial charge < -0.3 is 5.32 Å². The highest BCUT2D eigenvalue weighted by Crippen LogP contribution is 1.84. The zero-order chi connectivity index (χ0) is 6.53. The van der Waals surface area contributed by atoms with Crippen LogP contribution in [0.1, 0.15) is 0 Å². The first-order valence-electron chi connectivity index (χ1n) is 2.78. The van der Waals surface area contributed by atoms with Crippen LogP contribution in [0.2, 0.25) is 0 Å². The minimum atomic E-state index is 0.0593. The molecule has 52 valence electrons. The van der Waals surface area contributed by atoms with Gasteiger partial charge in [-0.1, -0.05) is 0 Å². The molecule has 1 heterocycles. The van der Waals surface area contributed by atoms with Crippen LogP contribution in [0, 0.1) is 0 Å². The molecule has 9 heavy (non-hydrogen) atoms. The standard InChI is InChI=1S/C4H9N3OS/c8-4-3-7-9-6-2-1-5-4/h6-7H,1-3H2,(H,5,8). The Kier molecular flexibility index (Phi) is 2.82. The third-order valence-electron chi connectivity index (χ3n) is 0.926. The number of carbonyl (C=O) groups is 1. The highest BCUT2D eigenvalue weighted by molar-refractivity contribution is 7.95. The van der Waals surface area contributed by atoms with E-state index in [-0.39, 0.29) is 5.91 Å². The molecule has 1 saturated heterocycles. The van der Waals surface area contributed by atoms with Crippen LogP contribution >= 0.6 is 12.1 Å². The van der Waals surface area contributed by atoms with Crippen LogP contribution < -0.4 is 14.8 Å². The van der Waals surface area contributed by atoms with Gasteiger partial charge in [0.1, 0.15) is 0 Å². The lowest BCUT2D eigenvalue weighted by Crippen LogP contribution is -2.39. The van der Waals surface area contributed by atoms with Crippen molar-refractivity contribution in [1.82, 2.24) is 14.8 Å². The van der Waals surface area contributed by atoms with Crippen LogP contribution in [0.3, 0.4) is 0 Å². The molecule has 1 aliphatic rings. The van der Waals surface area contributed by atoms with Gasteiger partial charge in [0.15, 0.2) is 0 Å². The van der Waals surface area contributed by atoms with Crippen molar-refractivity contribution >= 4 is 18.0 Å². The summed E-state index contributed by atoms with van der Waals surface area (Å²) < 4.78 is 5.83. The summed E-state index contributed by atoms with van der Waals surface area (Å²) in [6.07, 6.45) is 0. The van der Waals surface area contributed by atoms with Gasteiger partial charge in [0.25, 0.3) is 0 Å². The third kappa shape index (κ3) is 2.69. The second-order valence-electron chi connectivity index (χ2n) is 1.67. The summed E-state index contributed by atoms with van der Waals surface area (Å²) in [7, 11) is 0. The second-order valence-corrected chi connectivity index (χ2v) is 2.45. The van der Waals surface area contributed by atoms with E-state index < -0.39 is 0 Å². The fourth-order valence-electron chi connectivity index (χ4n) is 0.519. The molecule has 0 spiro atoms. The van der Waals surface area contributed by atoms with E-state index in [4.69, 9.17) is 0 Å². The first-order chi connectivity index (χ1) is 4.39. The van der Waals surface area contributed by atoms with Crippen LogP contribution in [0.4, 0.5) is 0 Å². The van der Waals surface area contributed by atoms with E-state index in [0.29, 0.717) is 13.1 Å². The van der Waals surface area contributed by atoms with E-state index in [0.717, 1.165) is 6.54 Å². The van der Waals surface area contributed by atoms with Crippen LogP contribution in [-0.2, 0) is 4.79 Å². The molecule has 3 N–H and O–H groups in total. The maximum Gasteiger partial charge on any atom is 0.234 e. The third-order valence-corrected chi connectivity index (χ3v) is 1.56. The molecule has 0 aliphatic carbocycles. The molecular formula is C4H9N3OS. The lowest BCUT2D eigenvalue weighted by Gasteiger charge is -2.10. The summed E-state index contributed by atoms with van der Waals surface area (Å²) in [6.45, 7) is 1.91.